The van der Waals surface area contributed by atoms with E-state index in [0.717, 1.165) is 89.8 Å². The Bertz CT molecular complexity index is 2750. The monoisotopic (exact) mass is 1370 g/mol. The molecule has 0 saturated heterocycles. The normalized spacial score (nSPS) is 14.2. The summed E-state index contributed by atoms with van der Waals surface area (Å²) in [5.74, 6) is 0.921. The molecule has 0 amide bonds. The van der Waals surface area contributed by atoms with Crippen molar-refractivity contribution in [3.63, 3.8) is 0 Å². The van der Waals surface area contributed by atoms with Crippen LogP contribution in [0.25, 0.3) is 22.4 Å². The number of fused-ring (bicyclic) bond motifs is 5. The summed E-state index contributed by atoms with van der Waals surface area (Å²) in [6.45, 7) is 0. The van der Waals surface area contributed by atoms with Gasteiger partial charge in [-0.1, -0.05) is 71.3 Å². The van der Waals surface area contributed by atoms with Gasteiger partial charge < -0.3 is 10.6 Å². The lowest BCUT2D eigenvalue weighted by molar-refractivity contribution is -0.0687. The van der Waals surface area contributed by atoms with Crippen molar-refractivity contribution >= 4 is 195 Å². The number of anilines is 2. The fraction of sp³-hybridized carbons (Fsp3) is 0.211. The van der Waals surface area contributed by atoms with Crippen molar-refractivity contribution in [2.75, 3.05) is 24.7 Å². The fourth-order valence-corrected chi connectivity index (χ4v) is 10.9. The highest BCUT2D eigenvalue weighted by molar-refractivity contribution is 14.1. The van der Waals surface area contributed by atoms with Crippen LogP contribution in [-0.2, 0) is 32.1 Å². The number of nitrogens with one attached hydrogen (secondary N) is 2. The molecule has 0 bridgehead atoms. The average molecular weight is 1370 g/mol. The summed E-state index contributed by atoms with van der Waals surface area (Å²) in [6, 6.07) is 0. The van der Waals surface area contributed by atoms with E-state index in [-0.39, 0.29) is 38.9 Å². The highest BCUT2D eigenvalue weighted by Crippen LogP contribution is 2.43. The van der Waals surface area contributed by atoms with Crippen LogP contribution in [0.15, 0.2) is 30.4 Å². The number of nitrogens with zero attached hydrogens (tertiary/aromatic N) is 10. The van der Waals surface area contributed by atoms with E-state index in [4.69, 9.17) is 92.8 Å². The third-order valence-corrected chi connectivity index (χ3v) is 13.6. The average Bonchev–Trinajstić information content (AvgIpc) is 4.07. The number of allylic oxidation sites excluding steroid dienone is 6. The van der Waals surface area contributed by atoms with Gasteiger partial charge >= 0.3 is 6.18 Å². The van der Waals surface area contributed by atoms with E-state index < -0.39 is 11.7 Å². The number of hydrogen-bond donors (Lipinski definition) is 2. The van der Waals surface area contributed by atoms with Crippen molar-refractivity contribution in [1.29, 1.82) is 0 Å². The topological polar surface area (TPSA) is 153 Å². The number of aromatic nitrogens is 10. The van der Waals surface area contributed by atoms with Crippen LogP contribution in [0.5, 0.6) is 0 Å². The van der Waals surface area contributed by atoms with Crippen molar-refractivity contribution in [3.05, 3.63) is 129 Å². The van der Waals surface area contributed by atoms with Gasteiger partial charge in [0.25, 0.3) is 0 Å². The smallest absolute Gasteiger partial charge is 0.372 e. The lowest BCUT2D eigenvalue weighted by Gasteiger charge is -2.13. The standard InChI is InChI=1S/C9H7ClF3N3.C8H7ClIN3.2C7H3Cl2IN2.C7H4Cl2N2/c1-14-7-6-4(9(11,12)13)2-3-5(6)15-8(10)16-7;1-11-7-6-4(10)2-3-5(6)12-8(9)13-7;2*8-6-5-3(10)1-2-4(5)11-7(9)12-6;8-6-4-2-1-3-5(4)10-7(9)11-6/h2H,3H2,1H3,(H,14,15,16);2H,3H2,1H3,(H,11,12,13);2*1H,2H2;1-2H,3H2. The van der Waals surface area contributed by atoms with Crippen molar-refractivity contribution in [3.8, 4) is 0 Å². The van der Waals surface area contributed by atoms with Gasteiger partial charge in [0.05, 0.1) is 45.2 Å². The number of alkyl halides is 3. The summed E-state index contributed by atoms with van der Waals surface area (Å²) >= 11 is 52.5. The van der Waals surface area contributed by atoms with Crippen LogP contribution >= 0.6 is 161 Å². The molecule has 0 spiro atoms. The largest absolute Gasteiger partial charge is 0.416 e. The molecular formula is C38H24Cl8F3I3N12. The Labute approximate surface area is 444 Å². The second kappa shape index (κ2) is 22.4. The first kappa shape index (κ1) is 51.4. The summed E-state index contributed by atoms with van der Waals surface area (Å²) in [6.07, 6.45) is 10.2. The third-order valence-electron chi connectivity index (χ3n) is 8.97. The third kappa shape index (κ3) is 12.4. The second-order valence-corrected chi connectivity index (χ2v) is 19.1. The van der Waals surface area contributed by atoms with Gasteiger partial charge in [0.2, 0.25) is 26.4 Å². The minimum absolute atomic E-state index is 0.000556. The molecule has 0 saturated carbocycles. The van der Waals surface area contributed by atoms with Gasteiger partial charge in [-0.15, -0.1) is 0 Å². The van der Waals surface area contributed by atoms with Gasteiger partial charge in [0.15, 0.2) is 0 Å². The van der Waals surface area contributed by atoms with Crippen molar-refractivity contribution in [1.82, 2.24) is 49.8 Å². The Balaban J connectivity index is 0.000000134. The molecule has 0 aromatic carbocycles. The first-order valence-corrected chi connectivity index (χ1v) is 24.2. The minimum atomic E-state index is -4.39. The SMILES string of the molecule is CNc1nc(Cl)nc2c1C(C(F)(F)F)=CC2.CNc1nc(Cl)nc2c1C(I)=CC2.Clc1nc(Cl)c2c(n1)CC=C2.Clc1nc(Cl)c2c(n1)CC=C2I.Clc1nc(Cl)c2c(n1)CC=C2I. The van der Waals surface area contributed by atoms with Gasteiger partial charge in [0.1, 0.15) is 27.1 Å². The molecule has 26 heteroatoms. The van der Waals surface area contributed by atoms with Crippen molar-refractivity contribution in [2.45, 2.75) is 38.3 Å². The summed E-state index contributed by atoms with van der Waals surface area (Å²) in [7, 11) is 3.33. The molecule has 0 fully saturated rings. The van der Waals surface area contributed by atoms with Crippen LogP contribution in [0.4, 0.5) is 24.8 Å². The first-order valence-electron chi connectivity index (χ1n) is 18.0. The minimum Gasteiger partial charge on any atom is -0.372 e. The first-order chi connectivity index (χ1) is 30.3. The van der Waals surface area contributed by atoms with E-state index in [1.165, 1.54) is 10.6 Å². The van der Waals surface area contributed by atoms with E-state index in [9.17, 15) is 13.2 Å². The van der Waals surface area contributed by atoms with E-state index >= 15 is 0 Å². The molecule has 10 rings (SSSR count). The molecule has 2 N–H and O–H groups in total. The number of rotatable bonds is 2. The molecule has 5 heterocycles. The molecule has 5 aliphatic rings. The Morgan fingerprint density at radius 3 is 1.27 bits per heavy atom. The molecule has 64 heavy (non-hydrogen) atoms. The van der Waals surface area contributed by atoms with Gasteiger partial charge in [0, 0.05) is 73.6 Å². The van der Waals surface area contributed by atoms with E-state index in [2.05, 4.69) is 146 Å². The summed E-state index contributed by atoms with van der Waals surface area (Å²) < 4.78 is 41.4. The van der Waals surface area contributed by atoms with Gasteiger partial charge in [-0.25, -0.2) is 49.8 Å². The van der Waals surface area contributed by atoms with Gasteiger partial charge in [-0.3, -0.25) is 0 Å². The maximum Gasteiger partial charge on any atom is 0.416 e. The molecule has 5 aliphatic carbocycles. The van der Waals surface area contributed by atoms with Crippen LogP contribution in [0, 0.1) is 0 Å². The van der Waals surface area contributed by atoms with Crippen LogP contribution < -0.4 is 10.6 Å². The highest BCUT2D eigenvalue weighted by atomic mass is 127. The van der Waals surface area contributed by atoms with Gasteiger partial charge in [-0.05, 0) is 126 Å². The fourth-order valence-electron chi connectivity index (χ4n) is 6.30. The Kier molecular flexibility index (Phi) is 18.0. The molecule has 5 aromatic rings. The Morgan fingerprint density at radius 1 is 0.453 bits per heavy atom. The maximum absolute atomic E-state index is 12.7. The van der Waals surface area contributed by atoms with Crippen LogP contribution in [0.1, 0.15) is 56.3 Å². The molecule has 0 unspecified atom stereocenters. The molecule has 5 aromatic heterocycles. The van der Waals surface area contributed by atoms with Crippen molar-refractivity contribution < 1.29 is 13.2 Å². The zero-order valence-electron chi connectivity index (χ0n) is 32.3. The quantitative estimate of drug-likeness (QED) is 0.0983. The van der Waals surface area contributed by atoms with E-state index in [1.807, 2.05) is 19.2 Å². The van der Waals surface area contributed by atoms with Gasteiger partial charge in [-0.2, -0.15) is 13.2 Å². The Morgan fingerprint density at radius 2 is 0.812 bits per heavy atom. The zero-order valence-corrected chi connectivity index (χ0v) is 44.8. The molecule has 0 atom stereocenters. The number of halogens is 14. The summed E-state index contributed by atoms with van der Waals surface area (Å²) in [5, 5.41) is 7.86. The lowest BCUT2D eigenvalue weighted by Crippen LogP contribution is -2.12. The zero-order chi connectivity index (χ0) is 46.6. The van der Waals surface area contributed by atoms with E-state index in [1.54, 1.807) is 0 Å². The maximum atomic E-state index is 12.7. The molecule has 0 aliphatic heterocycles. The summed E-state index contributed by atoms with van der Waals surface area (Å²) in [4.78, 5) is 39.5. The number of hydrogen-bond acceptors (Lipinski definition) is 12. The second-order valence-electron chi connectivity index (χ2n) is 12.9. The molecule has 0 radical (unpaired) electrons. The lowest BCUT2D eigenvalue weighted by atomic mass is 10.1. The van der Waals surface area contributed by atoms with Crippen LogP contribution in [-0.4, -0.2) is 70.1 Å². The highest BCUT2D eigenvalue weighted by Gasteiger charge is 2.40. The predicted molar refractivity (Wildman–Crippen MR) is 277 cm³/mol. The van der Waals surface area contributed by atoms with Crippen LogP contribution in [0.2, 0.25) is 41.9 Å². The Hall–Kier alpha value is -2.00. The van der Waals surface area contributed by atoms with Crippen LogP contribution in [0.3, 0.4) is 0 Å². The predicted octanol–water partition coefficient (Wildman–Crippen LogP) is 13.8. The van der Waals surface area contributed by atoms with E-state index in [0.29, 0.717) is 26.4 Å². The van der Waals surface area contributed by atoms with Crippen molar-refractivity contribution in [2.24, 2.45) is 0 Å². The molecule has 12 nitrogen and oxygen atoms in total. The molecular weight excluding hydrogens is 1350 g/mol. The summed E-state index contributed by atoms with van der Waals surface area (Å²) in [5.41, 5.74) is 7.21. The molecule has 334 valence electrons.